The van der Waals surface area contributed by atoms with E-state index >= 15 is 0 Å². The van der Waals surface area contributed by atoms with Gasteiger partial charge in [-0.3, -0.25) is 14.7 Å². The molecule has 0 spiro atoms. The average molecular weight is 299 g/mol. The number of rotatable bonds is 4. The first-order valence-corrected chi connectivity index (χ1v) is 7.30. The molecular formula is C17H18FN3O. The van der Waals surface area contributed by atoms with E-state index in [0.717, 1.165) is 16.7 Å². The molecule has 1 aromatic carbocycles. The van der Waals surface area contributed by atoms with Crippen LogP contribution in [-0.2, 0) is 11.3 Å². The highest BCUT2D eigenvalue weighted by Crippen LogP contribution is 2.25. The minimum atomic E-state index is -0.987. The van der Waals surface area contributed by atoms with Gasteiger partial charge in [-0.05, 0) is 28.8 Å². The van der Waals surface area contributed by atoms with Crippen molar-refractivity contribution >= 4 is 5.91 Å². The van der Waals surface area contributed by atoms with Crippen LogP contribution in [0.5, 0.6) is 0 Å². The molecule has 0 unspecified atom stereocenters. The van der Waals surface area contributed by atoms with Crippen molar-refractivity contribution in [3.8, 4) is 11.1 Å². The van der Waals surface area contributed by atoms with Crippen molar-refractivity contribution < 1.29 is 9.18 Å². The standard InChI is InChI=1S/C17H18FN3O/c18-15-8-16(17(19)22)21(11-15)10-12-3-1-4-13(7-12)14-5-2-6-20-9-14/h1-7,9,15-16H,8,10-11H2,(H2,19,22)/t15-,16+/m1/s1. The Hall–Kier alpha value is -2.27. The maximum Gasteiger partial charge on any atom is 0.234 e. The Morgan fingerprint density at radius 3 is 2.86 bits per heavy atom. The third-order valence-electron chi connectivity index (χ3n) is 3.99. The molecule has 114 valence electrons. The van der Waals surface area contributed by atoms with Gasteiger partial charge in [0.1, 0.15) is 6.17 Å². The van der Waals surface area contributed by atoms with Crippen LogP contribution < -0.4 is 5.73 Å². The van der Waals surface area contributed by atoms with Gasteiger partial charge < -0.3 is 5.73 Å². The Morgan fingerprint density at radius 2 is 2.14 bits per heavy atom. The van der Waals surface area contributed by atoms with Crippen LogP contribution in [0.15, 0.2) is 48.8 Å². The van der Waals surface area contributed by atoms with Crippen LogP contribution >= 0.6 is 0 Å². The van der Waals surface area contributed by atoms with Crippen LogP contribution in [0.2, 0.25) is 0 Å². The molecule has 2 heterocycles. The van der Waals surface area contributed by atoms with Gasteiger partial charge in [0.2, 0.25) is 5.91 Å². The summed E-state index contributed by atoms with van der Waals surface area (Å²) in [6, 6.07) is 11.3. The van der Waals surface area contributed by atoms with E-state index in [1.165, 1.54) is 0 Å². The van der Waals surface area contributed by atoms with Crippen molar-refractivity contribution in [2.75, 3.05) is 6.54 Å². The summed E-state index contributed by atoms with van der Waals surface area (Å²) in [5.41, 5.74) is 8.48. The van der Waals surface area contributed by atoms with E-state index in [9.17, 15) is 9.18 Å². The summed E-state index contributed by atoms with van der Waals surface area (Å²) in [5.74, 6) is -0.455. The number of likely N-dealkylation sites (tertiary alicyclic amines) is 1. The Labute approximate surface area is 128 Å². The highest BCUT2D eigenvalue weighted by molar-refractivity contribution is 5.80. The summed E-state index contributed by atoms with van der Waals surface area (Å²) in [6.45, 7) is 0.771. The molecule has 0 saturated carbocycles. The summed E-state index contributed by atoms with van der Waals surface area (Å²) in [6.07, 6.45) is 2.74. The van der Waals surface area contributed by atoms with Crippen molar-refractivity contribution in [1.29, 1.82) is 0 Å². The molecule has 1 amide bonds. The fourth-order valence-electron chi connectivity index (χ4n) is 2.94. The number of halogens is 1. The molecule has 0 radical (unpaired) electrons. The van der Waals surface area contributed by atoms with Gasteiger partial charge in [0, 0.05) is 31.9 Å². The third-order valence-corrected chi connectivity index (χ3v) is 3.99. The number of nitrogens with two attached hydrogens (primary N) is 1. The lowest BCUT2D eigenvalue weighted by Gasteiger charge is -2.21. The van der Waals surface area contributed by atoms with Crippen LogP contribution in [0, 0.1) is 0 Å². The molecule has 0 bridgehead atoms. The number of primary amides is 1. The normalized spacial score (nSPS) is 21.9. The van der Waals surface area contributed by atoms with Crippen LogP contribution in [0.25, 0.3) is 11.1 Å². The van der Waals surface area contributed by atoms with Crippen molar-refractivity contribution in [2.24, 2.45) is 5.73 Å². The van der Waals surface area contributed by atoms with E-state index < -0.39 is 18.1 Å². The molecule has 0 aliphatic carbocycles. The Balaban J connectivity index is 1.80. The monoisotopic (exact) mass is 299 g/mol. The van der Waals surface area contributed by atoms with Gasteiger partial charge in [-0.2, -0.15) is 0 Å². The third kappa shape index (κ3) is 3.14. The summed E-state index contributed by atoms with van der Waals surface area (Å²) >= 11 is 0. The van der Waals surface area contributed by atoms with E-state index in [0.29, 0.717) is 6.54 Å². The minimum absolute atomic E-state index is 0.192. The van der Waals surface area contributed by atoms with E-state index in [1.807, 2.05) is 41.3 Å². The second kappa shape index (κ2) is 6.23. The SMILES string of the molecule is NC(=O)[C@@H]1C[C@@H](F)CN1Cc1cccc(-c2cccnc2)c1. The minimum Gasteiger partial charge on any atom is -0.368 e. The van der Waals surface area contributed by atoms with E-state index in [4.69, 9.17) is 5.73 Å². The first-order valence-electron chi connectivity index (χ1n) is 7.30. The van der Waals surface area contributed by atoms with E-state index in [2.05, 4.69) is 4.98 Å². The molecule has 1 aliphatic rings. The first-order chi connectivity index (χ1) is 10.6. The fourth-order valence-corrected chi connectivity index (χ4v) is 2.94. The Bertz CT molecular complexity index is 662. The predicted octanol–water partition coefficient (Wildman–Crippen LogP) is 2.15. The largest absolute Gasteiger partial charge is 0.368 e. The number of carbonyl (C=O) groups excluding carboxylic acids is 1. The lowest BCUT2D eigenvalue weighted by Crippen LogP contribution is -2.39. The highest BCUT2D eigenvalue weighted by Gasteiger charge is 2.35. The molecule has 1 aromatic heterocycles. The number of pyridine rings is 1. The number of amides is 1. The maximum atomic E-state index is 13.6. The molecule has 3 rings (SSSR count). The average Bonchev–Trinajstić information content (AvgIpc) is 2.89. The molecule has 1 saturated heterocycles. The van der Waals surface area contributed by atoms with Crippen molar-refractivity contribution in [1.82, 2.24) is 9.88 Å². The summed E-state index contributed by atoms with van der Waals surface area (Å²) in [5, 5.41) is 0. The maximum absolute atomic E-state index is 13.6. The molecule has 2 atom stereocenters. The summed E-state index contributed by atoms with van der Waals surface area (Å²) in [4.78, 5) is 17.4. The van der Waals surface area contributed by atoms with Gasteiger partial charge in [0.05, 0.1) is 6.04 Å². The van der Waals surface area contributed by atoms with Crippen molar-refractivity contribution in [3.05, 3.63) is 54.4 Å². The summed E-state index contributed by atoms with van der Waals surface area (Å²) in [7, 11) is 0. The zero-order chi connectivity index (χ0) is 15.5. The number of nitrogens with zero attached hydrogens (tertiary/aromatic N) is 2. The second-order valence-electron chi connectivity index (χ2n) is 5.62. The fraction of sp³-hybridized carbons (Fsp3) is 0.294. The topological polar surface area (TPSA) is 59.2 Å². The first kappa shape index (κ1) is 14.7. The molecule has 2 N–H and O–H groups in total. The Morgan fingerprint density at radius 1 is 1.32 bits per heavy atom. The number of hydrogen-bond donors (Lipinski definition) is 1. The van der Waals surface area contributed by atoms with Gasteiger partial charge in [0.15, 0.2) is 0 Å². The van der Waals surface area contributed by atoms with Gasteiger partial charge in [-0.15, -0.1) is 0 Å². The smallest absolute Gasteiger partial charge is 0.234 e. The lowest BCUT2D eigenvalue weighted by atomic mass is 10.0. The van der Waals surface area contributed by atoms with E-state index in [-0.39, 0.29) is 13.0 Å². The van der Waals surface area contributed by atoms with Gasteiger partial charge in [-0.1, -0.05) is 24.3 Å². The molecular weight excluding hydrogens is 281 g/mol. The number of benzene rings is 1. The molecule has 2 aromatic rings. The quantitative estimate of drug-likeness (QED) is 0.941. The molecule has 1 fully saturated rings. The van der Waals surface area contributed by atoms with Crippen LogP contribution in [0.1, 0.15) is 12.0 Å². The molecule has 1 aliphatic heterocycles. The van der Waals surface area contributed by atoms with Crippen molar-refractivity contribution in [2.45, 2.75) is 25.2 Å². The zero-order valence-corrected chi connectivity index (χ0v) is 12.2. The summed E-state index contributed by atoms with van der Waals surface area (Å²) < 4.78 is 13.6. The number of alkyl halides is 1. The Kier molecular flexibility index (Phi) is 4.15. The zero-order valence-electron chi connectivity index (χ0n) is 12.2. The molecule has 4 nitrogen and oxygen atoms in total. The van der Waals surface area contributed by atoms with Crippen molar-refractivity contribution in [3.63, 3.8) is 0 Å². The number of hydrogen-bond acceptors (Lipinski definition) is 3. The highest BCUT2D eigenvalue weighted by atomic mass is 19.1. The van der Waals surface area contributed by atoms with Crippen LogP contribution in [-0.4, -0.2) is 34.5 Å². The lowest BCUT2D eigenvalue weighted by molar-refractivity contribution is -0.122. The number of aromatic nitrogens is 1. The predicted molar refractivity (Wildman–Crippen MR) is 82.6 cm³/mol. The van der Waals surface area contributed by atoms with Gasteiger partial charge >= 0.3 is 0 Å². The number of carbonyl (C=O) groups is 1. The molecule has 5 heteroatoms. The van der Waals surface area contributed by atoms with Crippen LogP contribution in [0.3, 0.4) is 0 Å². The second-order valence-corrected chi connectivity index (χ2v) is 5.62. The van der Waals surface area contributed by atoms with Gasteiger partial charge in [0.25, 0.3) is 0 Å². The molecule has 22 heavy (non-hydrogen) atoms. The van der Waals surface area contributed by atoms with Crippen LogP contribution in [0.4, 0.5) is 4.39 Å². The van der Waals surface area contributed by atoms with Gasteiger partial charge in [-0.25, -0.2) is 4.39 Å². The van der Waals surface area contributed by atoms with E-state index in [1.54, 1.807) is 12.4 Å².